The monoisotopic (exact) mass is 479 g/mol. The zero-order chi connectivity index (χ0) is 24.8. The molecule has 0 amide bonds. The van der Waals surface area contributed by atoms with Crippen LogP contribution in [0.25, 0.3) is 0 Å². The number of carbonyl (C=O) groups excluding carboxylic acids is 1. The van der Waals surface area contributed by atoms with Gasteiger partial charge in [-0.25, -0.2) is 17.9 Å². The fourth-order valence-corrected chi connectivity index (χ4v) is 4.85. The van der Waals surface area contributed by atoms with Crippen LogP contribution in [0.3, 0.4) is 0 Å². The minimum atomic E-state index is -3.40. The normalized spacial score (nSPS) is 18.6. The fourth-order valence-electron chi connectivity index (χ4n) is 4.39. The predicted octanol–water partition coefficient (Wildman–Crippen LogP) is 4.55. The number of phenols is 2. The molecule has 0 fully saturated rings. The van der Waals surface area contributed by atoms with Crippen LogP contribution in [0.5, 0.6) is 11.5 Å². The molecule has 7 nitrogen and oxygen atoms in total. The van der Waals surface area contributed by atoms with Gasteiger partial charge in [0.2, 0.25) is 10.0 Å². The summed E-state index contributed by atoms with van der Waals surface area (Å²) in [6, 6.07) is 1.56. The average Bonchev–Trinajstić information content (AvgIpc) is 2.70. The van der Waals surface area contributed by atoms with E-state index in [0.29, 0.717) is 17.5 Å². The van der Waals surface area contributed by atoms with E-state index in [1.807, 2.05) is 19.9 Å². The summed E-state index contributed by atoms with van der Waals surface area (Å²) in [5.74, 6) is -1.33. The van der Waals surface area contributed by atoms with Gasteiger partial charge in [-0.3, -0.25) is 0 Å². The molecule has 1 aromatic carbocycles. The summed E-state index contributed by atoms with van der Waals surface area (Å²) < 4.78 is 30.0. The predicted molar refractivity (Wildman–Crippen MR) is 130 cm³/mol. The number of sulfonamides is 1. The lowest BCUT2D eigenvalue weighted by Crippen LogP contribution is -2.27. The third-order valence-corrected chi connectivity index (χ3v) is 6.80. The van der Waals surface area contributed by atoms with E-state index < -0.39 is 16.0 Å². The third-order valence-electron chi connectivity index (χ3n) is 6.07. The average molecular weight is 480 g/mol. The van der Waals surface area contributed by atoms with Crippen molar-refractivity contribution in [2.75, 3.05) is 19.4 Å². The number of nitrogens with one attached hydrogen (secondary N) is 1. The van der Waals surface area contributed by atoms with Gasteiger partial charge in [0.1, 0.15) is 23.7 Å². The van der Waals surface area contributed by atoms with Crippen molar-refractivity contribution in [3.05, 3.63) is 46.6 Å². The standard InChI is InChI=1S/C25H37NO6S/c1-6-7-8-9-18-15-21(27)23(20-14-17(4)10-11-19(20)16(2)3)24(28)22(18)25(29)32-13-12-26-33(5,30)31/h14-15,19-20,26-28H,2,6-13H2,1,3-5H3/t19-,20+/m0/s1. The molecular formula is C25H37NO6S. The lowest BCUT2D eigenvalue weighted by molar-refractivity contribution is 0.0508. The smallest absolute Gasteiger partial charge is 0.342 e. The zero-order valence-corrected chi connectivity index (χ0v) is 20.9. The molecule has 184 valence electrons. The number of unbranched alkanes of at least 4 members (excludes halogenated alkanes) is 2. The quantitative estimate of drug-likeness (QED) is 0.244. The molecule has 0 saturated carbocycles. The number of aryl methyl sites for hydroxylation is 1. The maximum atomic E-state index is 13.0. The number of rotatable bonds is 11. The second-order valence-electron chi connectivity index (χ2n) is 8.98. The molecule has 1 aliphatic rings. The largest absolute Gasteiger partial charge is 0.507 e. The highest BCUT2D eigenvalue weighted by molar-refractivity contribution is 7.88. The number of allylic oxidation sites excluding steroid dienone is 3. The Kier molecular flexibility index (Phi) is 9.55. The molecule has 0 aromatic heterocycles. The first-order chi connectivity index (χ1) is 15.5. The van der Waals surface area contributed by atoms with E-state index in [1.165, 1.54) is 0 Å². The number of carbonyl (C=O) groups is 1. The van der Waals surface area contributed by atoms with E-state index in [-0.39, 0.29) is 42.0 Å². The van der Waals surface area contributed by atoms with Gasteiger partial charge in [-0.2, -0.15) is 0 Å². The molecular weight excluding hydrogens is 442 g/mol. The fraction of sp³-hybridized carbons (Fsp3) is 0.560. The van der Waals surface area contributed by atoms with Gasteiger partial charge in [0.05, 0.1) is 6.26 Å². The highest BCUT2D eigenvalue weighted by atomic mass is 32.2. The summed E-state index contributed by atoms with van der Waals surface area (Å²) >= 11 is 0. The van der Waals surface area contributed by atoms with Gasteiger partial charge in [-0.15, -0.1) is 0 Å². The number of phenolic OH excluding ortho intramolecular Hbond substituents is 2. The Morgan fingerprint density at radius 2 is 2.00 bits per heavy atom. The maximum absolute atomic E-state index is 13.0. The minimum absolute atomic E-state index is 0.0271. The summed E-state index contributed by atoms with van der Waals surface area (Å²) in [4.78, 5) is 13.0. The van der Waals surface area contributed by atoms with Crippen LogP contribution in [-0.4, -0.2) is 44.0 Å². The minimum Gasteiger partial charge on any atom is -0.507 e. The van der Waals surface area contributed by atoms with Crippen molar-refractivity contribution >= 4 is 16.0 Å². The topological polar surface area (TPSA) is 113 Å². The van der Waals surface area contributed by atoms with E-state index in [9.17, 15) is 23.4 Å². The SMILES string of the molecule is C=C(C)[C@@H]1CCC(C)=C[C@H]1c1c(O)cc(CCCCC)c(C(=O)OCCNS(C)(=O)=O)c1O. The van der Waals surface area contributed by atoms with E-state index in [2.05, 4.69) is 18.2 Å². The van der Waals surface area contributed by atoms with Crippen LogP contribution in [0.2, 0.25) is 0 Å². The first kappa shape index (κ1) is 26.9. The van der Waals surface area contributed by atoms with Crippen molar-refractivity contribution in [1.82, 2.24) is 4.72 Å². The highest BCUT2D eigenvalue weighted by Gasteiger charge is 2.33. The Morgan fingerprint density at radius 3 is 2.61 bits per heavy atom. The summed E-state index contributed by atoms with van der Waals surface area (Å²) in [5, 5.41) is 22.2. The first-order valence-electron chi connectivity index (χ1n) is 11.5. The Labute approximate surface area is 197 Å². The van der Waals surface area contributed by atoms with Crippen LogP contribution in [0.1, 0.15) is 80.3 Å². The van der Waals surface area contributed by atoms with E-state index in [0.717, 1.165) is 49.5 Å². The third kappa shape index (κ3) is 7.33. The van der Waals surface area contributed by atoms with Crippen LogP contribution >= 0.6 is 0 Å². The van der Waals surface area contributed by atoms with Crippen LogP contribution in [0.4, 0.5) is 0 Å². The maximum Gasteiger partial charge on any atom is 0.342 e. The van der Waals surface area contributed by atoms with Crippen molar-refractivity contribution in [2.45, 2.75) is 65.2 Å². The second kappa shape index (κ2) is 11.7. The van der Waals surface area contributed by atoms with Gasteiger partial charge in [0.15, 0.2) is 0 Å². The van der Waals surface area contributed by atoms with Gasteiger partial charge in [-0.05, 0) is 57.1 Å². The summed E-state index contributed by atoms with van der Waals surface area (Å²) in [5.41, 5.74) is 2.97. The number of benzene rings is 1. The number of ether oxygens (including phenoxy) is 1. The Hall–Kier alpha value is -2.32. The molecule has 3 N–H and O–H groups in total. The van der Waals surface area contributed by atoms with Crippen molar-refractivity contribution in [2.24, 2.45) is 5.92 Å². The molecule has 1 aliphatic carbocycles. The molecule has 0 radical (unpaired) electrons. The Balaban J connectivity index is 2.47. The lowest BCUT2D eigenvalue weighted by atomic mass is 9.73. The van der Waals surface area contributed by atoms with Crippen molar-refractivity contribution in [1.29, 1.82) is 0 Å². The molecule has 33 heavy (non-hydrogen) atoms. The molecule has 0 aliphatic heterocycles. The molecule has 0 spiro atoms. The summed E-state index contributed by atoms with van der Waals surface area (Å²) in [6.45, 7) is 9.87. The van der Waals surface area contributed by atoms with Gasteiger partial charge in [0, 0.05) is 18.0 Å². The van der Waals surface area contributed by atoms with Gasteiger partial charge in [-0.1, -0.05) is 43.6 Å². The molecule has 0 bridgehead atoms. The molecule has 1 aromatic rings. The summed E-state index contributed by atoms with van der Waals surface area (Å²) in [7, 11) is -3.40. The first-order valence-corrected chi connectivity index (χ1v) is 13.4. The number of hydrogen-bond acceptors (Lipinski definition) is 6. The molecule has 0 saturated heterocycles. The van der Waals surface area contributed by atoms with Crippen molar-refractivity contribution in [3.63, 3.8) is 0 Å². The van der Waals surface area contributed by atoms with Gasteiger partial charge < -0.3 is 14.9 Å². The molecule has 0 heterocycles. The number of aromatic hydroxyl groups is 2. The molecule has 8 heteroatoms. The van der Waals surface area contributed by atoms with Crippen LogP contribution in [0, 0.1) is 5.92 Å². The molecule has 2 rings (SSSR count). The zero-order valence-electron chi connectivity index (χ0n) is 20.1. The molecule has 2 atom stereocenters. The van der Waals surface area contributed by atoms with E-state index in [1.54, 1.807) is 6.07 Å². The van der Waals surface area contributed by atoms with E-state index >= 15 is 0 Å². The van der Waals surface area contributed by atoms with Crippen molar-refractivity contribution in [3.8, 4) is 11.5 Å². The molecule has 0 unspecified atom stereocenters. The summed E-state index contributed by atoms with van der Waals surface area (Å²) in [6.07, 6.45) is 8.03. The van der Waals surface area contributed by atoms with Gasteiger partial charge >= 0.3 is 5.97 Å². The number of hydrogen-bond donors (Lipinski definition) is 3. The lowest BCUT2D eigenvalue weighted by Gasteiger charge is -2.32. The second-order valence-corrected chi connectivity index (χ2v) is 10.8. The Morgan fingerprint density at radius 1 is 1.30 bits per heavy atom. The van der Waals surface area contributed by atoms with Crippen LogP contribution in [0.15, 0.2) is 29.9 Å². The Bertz CT molecular complexity index is 1010. The van der Waals surface area contributed by atoms with Crippen LogP contribution < -0.4 is 4.72 Å². The van der Waals surface area contributed by atoms with Crippen LogP contribution in [-0.2, 0) is 21.2 Å². The van der Waals surface area contributed by atoms with E-state index in [4.69, 9.17) is 4.74 Å². The number of esters is 1. The van der Waals surface area contributed by atoms with Crippen molar-refractivity contribution < 1.29 is 28.2 Å². The van der Waals surface area contributed by atoms with Gasteiger partial charge in [0.25, 0.3) is 0 Å². The highest BCUT2D eigenvalue weighted by Crippen LogP contribution is 2.48.